The smallest absolute Gasteiger partial charge is 0.321 e. The van der Waals surface area contributed by atoms with Crippen molar-refractivity contribution in [2.75, 3.05) is 19.7 Å². The zero-order chi connectivity index (χ0) is 16.2. The van der Waals surface area contributed by atoms with Gasteiger partial charge in [-0.3, -0.25) is 9.48 Å². The van der Waals surface area contributed by atoms with Gasteiger partial charge in [0.15, 0.2) is 0 Å². The Hall–Kier alpha value is -1.67. The summed E-state index contributed by atoms with van der Waals surface area (Å²) < 4.78 is 32.8. The van der Waals surface area contributed by atoms with E-state index in [0.717, 1.165) is 4.31 Å². The van der Waals surface area contributed by atoms with Gasteiger partial charge in [-0.25, -0.2) is 8.42 Å². The minimum atomic E-state index is -3.84. The maximum atomic E-state index is 12.7. The lowest BCUT2D eigenvalue weighted by atomic mass is 10.4. The van der Waals surface area contributed by atoms with Crippen molar-refractivity contribution in [1.29, 1.82) is 0 Å². The Labute approximate surface area is 125 Å². The molecule has 0 aliphatic rings. The van der Waals surface area contributed by atoms with Gasteiger partial charge >= 0.3 is 5.97 Å². The Kier molecular flexibility index (Phi) is 5.68. The lowest BCUT2D eigenvalue weighted by Crippen LogP contribution is -2.37. The number of sulfonamides is 1. The average Bonchev–Trinajstić information content (AvgIpc) is 2.63. The third-order valence-corrected chi connectivity index (χ3v) is 5.05. The number of hydrogen-bond donors (Lipinski definition) is 0. The first-order valence-electron chi connectivity index (χ1n) is 6.52. The molecule has 8 heteroatoms. The first-order chi connectivity index (χ1) is 9.75. The largest absolute Gasteiger partial charge is 0.465 e. The van der Waals surface area contributed by atoms with Crippen LogP contribution in [0.3, 0.4) is 0 Å². The monoisotopic (exact) mass is 315 g/mol. The molecule has 0 unspecified atom stereocenters. The highest BCUT2D eigenvalue weighted by atomic mass is 32.2. The van der Waals surface area contributed by atoms with Crippen molar-refractivity contribution in [3.63, 3.8) is 0 Å². The summed E-state index contributed by atoms with van der Waals surface area (Å²) in [5, 5.41) is 4.10. The summed E-state index contributed by atoms with van der Waals surface area (Å²) in [5.41, 5.74) is 0.915. The molecular formula is C13H21N3O4S. The van der Waals surface area contributed by atoms with E-state index in [4.69, 9.17) is 4.74 Å². The lowest BCUT2D eigenvalue weighted by molar-refractivity contribution is -0.143. The van der Waals surface area contributed by atoms with Crippen LogP contribution >= 0.6 is 0 Å². The van der Waals surface area contributed by atoms with Gasteiger partial charge in [0.2, 0.25) is 10.0 Å². The van der Waals surface area contributed by atoms with Gasteiger partial charge in [-0.15, -0.1) is 6.58 Å². The molecule has 0 saturated heterocycles. The third-order valence-electron chi connectivity index (χ3n) is 2.98. The Morgan fingerprint density at radius 2 is 2.10 bits per heavy atom. The van der Waals surface area contributed by atoms with Crippen LogP contribution in [-0.4, -0.2) is 48.2 Å². The normalized spacial score (nSPS) is 11.7. The molecule has 0 bridgehead atoms. The highest BCUT2D eigenvalue weighted by molar-refractivity contribution is 7.89. The van der Waals surface area contributed by atoms with Gasteiger partial charge in [0.25, 0.3) is 0 Å². The molecule has 0 aliphatic carbocycles. The van der Waals surface area contributed by atoms with E-state index in [-0.39, 0.29) is 24.6 Å². The van der Waals surface area contributed by atoms with Gasteiger partial charge in [-0.1, -0.05) is 6.08 Å². The molecule has 0 fully saturated rings. The summed E-state index contributed by atoms with van der Waals surface area (Å²) in [6, 6.07) is 0. The van der Waals surface area contributed by atoms with Crippen molar-refractivity contribution < 1.29 is 17.9 Å². The standard InChI is InChI=1S/C13H21N3O4S/c1-6-8-16(9-12(17)20-7-2)21(18,19)13-10(3)14-15(5)11(13)4/h6H,1,7-9H2,2-5H3. The summed E-state index contributed by atoms with van der Waals surface area (Å²) in [6.45, 7) is 8.36. The van der Waals surface area contributed by atoms with Crippen molar-refractivity contribution in [1.82, 2.24) is 14.1 Å². The van der Waals surface area contributed by atoms with Gasteiger partial charge in [0.05, 0.1) is 18.0 Å². The summed E-state index contributed by atoms with van der Waals surface area (Å²) in [5.74, 6) is -0.595. The molecule has 21 heavy (non-hydrogen) atoms. The molecule has 7 nitrogen and oxygen atoms in total. The van der Waals surface area contributed by atoms with E-state index in [9.17, 15) is 13.2 Å². The van der Waals surface area contributed by atoms with Gasteiger partial charge in [-0.05, 0) is 20.8 Å². The third kappa shape index (κ3) is 3.70. The van der Waals surface area contributed by atoms with Crippen molar-refractivity contribution in [2.24, 2.45) is 7.05 Å². The predicted molar refractivity (Wildman–Crippen MR) is 78.3 cm³/mol. The molecule has 0 amide bonds. The number of ether oxygens (including phenoxy) is 1. The SMILES string of the molecule is C=CCN(CC(=O)OCC)S(=O)(=O)c1c(C)nn(C)c1C. The summed E-state index contributed by atoms with van der Waals surface area (Å²) in [7, 11) is -2.17. The van der Waals surface area contributed by atoms with Crippen LogP contribution in [0.25, 0.3) is 0 Å². The first kappa shape index (κ1) is 17.4. The number of aryl methyl sites for hydroxylation is 2. The molecular weight excluding hydrogens is 294 g/mol. The Morgan fingerprint density at radius 3 is 2.52 bits per heavy atom. The molecule has 1 aromatic heterocycles. The second-order valence-electron chi connectivity index (χ2n) is 4.51. The van der Waals surface area contributed by atoms with E-state index in [1.54, 1.807) is 27.8 Å². The number of rotatable bonds is 7. The molecule has 0 aromatic carbocycles. The molecule has 0 aliphatic heterocycles. The zero-order valence-electron chi connectivity index (χ0n) is 12.8. The molecule has 118 valence electrons. The fraction of sp³-hybridized carbons (Fsp3) is 0.538. The predicted octanol–water partition coefficient (Wildman–Crippen LogP) is 0.777. The van der Waals surface area contributed by atoms with Gasteiger partial charge in [0, 0.05) is 13.6 Å². The second-order valence-corrected chi connectivity index (χ2v) is 6.39. The topological polar surface area (TPSA) is 81.5 Å². The molecule has 0 radical (unpaired) electrons. The van der Waals surface area contributed by atoms with Crippen molar-refractivity contribution in [2.45, 2.75) is 25.7 Å². The van der Waals surface area contributed by atoms with Crippen molar-refractivity contribution in [3.05, 3.63) is 24.0 Å². The maximum Gasteiger partial charge on any atom is 0.321 e. The number of carbonyl (C=O) groups is 1. The van der Waals surface area contributed by atoms with Crippen LogP contribution < -0.4 is 0 Å². The van der Waals surface area contributed by atoms with E-state index in [0.29, 0.717) is 11.4 Å². The lowest BCUT2D eigenvalue weighted by Gasteiger charge is -2.19. The second kappa shape index (κ2) is 6.86. The minimum absolute atomic E-state index is 0.0227. The molecule has 0 N–H and O–H groups in total. The van der Waals surface area contributed by atoms with E-state index in [2.05, 4.69) is 11.7 Å². The fourth-order valence-corrected chi connectivity index (χ4v) is 3.75. The Bertz CT molecular complexity index is 634. The van der Waals surface area contributed by atoms with Crippen LogP contribution in [0.5, 0.6) is 0 Å². The quantitative estimate of drug-likeness (QED) is 0.548. The summed E-state index contributed by atoms with van der Waals surface area (Å²) >= 11 is 0. The Morgan fingerprint density at radius 1 is 1.48 bits per heavy atom. The van der Waals surface area contributed by atoms with E-state index >= 15 is 0 Å². The molecule has 1 rings (SSSR count). The average molecular weight is 315 g/mol. The van der Waals surface area contributed by atoms with Gasteiger partial charge < -0.3 is 4.74 Å². The molecule has 0 spiro atoms. The number of esters is 1. The van der Waals surface area contributed by atoms with Crippen molar-refractivity contribution in [3.8, 4) is 0 Å². The highest BCUT2D eigenvalue weighted by Crippen LogP contribution is 2.22. The number of carbonyl (C=O) groups excluding carboxylic acids is 1. The molecule has 1 heterocycles. The van der Waals surface area contributed by atoms with Crippen LogP contribution in [0, 0.1) is 13.8 Å². The first-order valence-corrected chi connectivity index (χ1v) is 7.96. The number of hydrogen-bond acceptors (Lipinski definition) is 5. The summed E-state index contributed by atoms with van der Waals surface area (Å²) in [4.78, 5) is 11.7. The van der Waals surface area contributed by atoms with Crippen molar-refractivity contribution >= 4 is 16.0 Å². The molecule has 0 atom stereocenters. The van der Waals surface area contributed by atoms with Crippen LogP contribution in [0.1, 0.15) is 18.3 Å². The highest BCUT2D eigenvalue weighted by Gasteiger charge is 2.31. The number of aromatic nitrogens is 2. The Balaban J connectivity index is 3.22. The fourth-order valence-electron chi connectivity index (χ4n) is 2.00. The van der Waals surface area contributed by atoms with Gasteiger partial charge in [0.1, 0.15) is 11.4 Å². The minimum Gasteiger partial charge on any atom is -0.465 e. The van der Waals surface area contributed by atoms with Crippen LogP contribution in [-0.2, 0) is 26.6 Å². The van der Waals surface area contributed by atoms with Crippen LogP contribution in [0.4, 0.5) is 0 Å². The van der Waals surface area contributed by atoms with Crippen LogP contribution in [0.15, 0.2) is 17.6 Å². The van der Waals surface area contributed by atoms with E-state index < -0.39 is 16.0 Å². The van der Waals surface area contributed by atoms with Crippen LogP contribution in [0.2, 0.25) is 0 Å². The maximum absolute atomic E-state index is 12.7. The zero-order valence-corrected chi connectivity index (χ0v) is 13.6. The summed E-state index contributed by atoms with van der Waals surface area (Å²) in [6.07, 6.45) is 1.43. The van der Waals surface area contributed by atoms with E-state index in [1.165, 1.54) is 10.8 Å². The number of nitrogens with zero attached hydrogens (tertiary/aromatic N) is 3. The van der Waals surface area contributed by atoms with E-state index in [1.807, 2.05) is 0 Å². The molecule has 1 aromatic rings. The molecule has 0 saturated carbocycles. The van der Waals surface area contributed by atoms with Gasteiger partial charge in [-0.2, -0.15) is 9.40 Å².